The molecule has 0 aromatic carbocycles. The van der Waals surface area contributed by atoms with Gasteiger partial charge in [-0.3, -0.25) is 4.79 Å². The summed E-state index contributed by atoms with van der Waals surface area (Å²) < 4.78 is 5.67. The monoisotopic (exact) mass is 302 g/mol. The molecule has 1 aliphatic rings. The summed E-state index contributed by atoms with van der Waals surface area (Å²) in [4.78, 5) is 35.2. The number of morpholine rings is 1. The zero-order valence-electron chi connectivity index (χ0n) is 12.5. The lowest BCUT2D eigenvalue weighted by Gasteiger charge is -2.41. The molecule has 0 saturated carbocycles. The van der Waals surface area contributed by atoms with Crippen molar-refractivity contribution in [1.29, 1.82) is 0 Å². The number of nitrogens with one attached hydrogen (secondary N) is 1. The van der Waals surface area contributed by atoms with Crippen LogP contribution in [0.1, 0.15) is 33.6 Å². The molecule has 0 aliphatic carbocycles. The lowest BCUT2D eigenvalue weighted by Crippen LogP contribution is -2.58. The van der Waals surface area contributed by atoms with Crippen molar-refractivity contribution < 1.29 is 29.3 Å². The topological polar surface area (TPSA) is 116 Å². The van der Waals surface area contributed by atoms with E-state index in [0.717, 1.165) is 0 Å². The minimum atomic E-state index is -1.25. The van der Waals surface area contributed by atoms with Crippen LogP contribution in [0.2, 0.25) is 0 Å². The van der Waals surface area contributed by atoms with Crippen molar-refractivity contribution in [3.05, 3.63) is 0 Å². The van der Waals surface area contributed by atoms with Gasteiger partial charge >= 0.3 is 18.0 Å². The van der Waals surface area contributed by atoms with Gasteiger partial charge in [0.2, 0.25) is 0 Å². The summed E-state index contributed by atoms with van der Waals surface area (Å²) in [6.07, 6.45) is -0.621. The Hall–Kier alpha value is -1.83. The van der Waals surface area contributed by atoms with Gasteiger partial charge in [-0.25, -0.2) is 9.59 Å². The van der Waals surface area contributed by atoms with Crippen LogP contribution in [0, 0.1) is 0 Å². The van der Waals surface area contributed by atoms with Crippen LogP contribution in [0.3, 0.4) is 0 Å². The van der Waals surface area contributed by atoms with Crippen molar-refractivity contribution in [2.75, 3.05) is 13.1 Å². The molecule has 1 fully saturated rings. The SMILES string of the molecule is CC1CN(C(=O)N[C@@H](CCC(=O)O)C(=O)O)CC(C)(C)O1. The quantitative estimate of drug-likeness (QED) is 0.681. The molecule has 8 heteroatoms. The van der Waals surface area contributed by atoms with E-state index < -0.39 is 29.6 Å². The lowest BCUT2D eigenvalue weighted by atomic mass is 10.1. The maximum atomic E-state index is 12.1. The second kappa shape index (κ2) is 6.75. The number of aliphatic carboxylic acids is 2. The van der Waals surface area contributed by atoms with Crippen LogP contribution in [0.4, 0.5) is 4.79 Å². The maximum absolute atomic E-state index is 12.1. The standard InChI is InChI=1S/C13H22N2O6/c1-8-6-15(7-13(2,3)21-8)12(20)14-9(11(18)19)4-5-10(16)17/h8-9H,4-7H2,1-3H3,(H,14,20)(H,16,17)(H,18,19)/t8?,9-/m0/s1. The van der Waals surface area contributed by atoms with E-state index >= 15 is 0 Å². The van der Waals surface area contributed by atoms with Gasteiger partial charge in [-0.2, -0.15) is 0 Å². The fraction of sp³-hybridized carbons (Fsp3) is 0.769. The van der Waals surface area contributed by atoms with Crippen LogP contribution in [0.15, 0.2) is 0 Å². The van der Waals surface area contributed by atoms with Crippen LogP contribution in [-0.2, 0) is 14.3 Å². The molecule has 2 atom stereocenters. The first-order valence-corrected chi connectivity index (χ1v) is 6.78. The van der Waals surface area contributed by atoms with Crippen LogP contribution < -0.4 is 5.32 Å². The number of ether oxygens (including phenoxy) is 1. The third-order valence-electron chi connectivity index (χ3n) is 3.10. The summed E-state index contributed by atoms with van der Waals surface area (Å²) in [6, 6.07) is -1.73. The Labute approximate surface area is 123 Å². The number of nitrogens with zero attached hydrogens (tertiary/aromatic N) is 1. The minimum absolute atomic E-state index is 0.151. The zero-order valence-corrected chi connectivity index (χ0v) is 12.5. The Kier molecular flexibility index (Phi) is 5.54. The molecular formula is C13H22N2O6. The molecule has 8 nitrogen and oxygen atoms in total. The Morgan fingerprint density at radius 3 is 2.48 bits per heavy atom. The Bertz CT molecular complexity index is 423. The fourth-order valence-electron chi connectivity index (χ4n) is 2.37. The van der Waals surface area contributed by atoms with Gasteiger partial charge < -0.3 is 25.2 Å². The van der Waals surface area contributed by atoms with E-state index in [1.807, 2.05) is 20.8 Å². The molecule has 21 heavy (non-hydrogen) atoms. The van der Waals surface area contributed by atoms with E-state index in [-0.39, 0.29) is 18.9 Å². The van der Waals surface area contributed by atoms with Crippen molar-refractivity contribution in [1.82, 2.24) is 10.2 Å². The molecule has 0 spiro atoms. The van der Waals surface area contributed by atoms with Crippen molar-refractivity contribution in [2.24, 2.45) is 0 Å². The highest BCUT2D eigenvalue weighted by molar-refractivity contribution is 5.83. The summed E-state index contributed by atoms with van der Waals surface area (Å²) in [7, 11) is 0. The average molecular weight is 302 g/mol. The van der Waals surface area contributed by atoms with E-state index in [9.17, 15) is 14.4 Å². The van der Waals surface area contributed by atoms with Crippen LogP contribution >= 0.6 is 0 Å². The van der Waals surface area contributed by atoms with E-state index in [1.54, 1.807) is 0 Å². The molecule has 0 aromatic heterocycles. The largest absolute Gasteiger partial charge is 0.481 e. The van der Waals surface area contributed by atoms with E-state index in [4.69, 9.17) is 14.9 Å². The van der Waals surface area contributed by atoms with Crippen molar-refractivity contribution in [2.45, 2.75) is 51.4 Å². The van der Waals surface area contributed by atoms with E-state index in [0.29, 0.717) is 13.1 Å². The lowest BCUT2D eigenvalue weighted by molar-refractivity contribution is -0.140. The predicted octanol–water partition coefficient (Wildman–Crippen LogP) is 0.513. The molecule has 1 saturated heterocycles. The van der Waals surface area contributed by atoms with Gasteiger partial charge in [0.25, 0.3) is 0 Å². The first-order valence-electron chi connectivity index (χ1n) is 6.78. The van der Waals surface area contributed by atoms with Crippen LogP contribution in [0.25, 0.3) is 0 Å². The van der Waals surface area contributed by atoms with Gasteiger partial charge in [-0.15, -0.1) is 0 Å². The number of carbonyl (C=O) groups is 3. The van der Waals surface area contributed by atoms with Crippen molar-refractivity contribution >= 4 is 18.0 Å². The fourth-order valence-corrected chi connectivity index (χ4v) is 2.37. The van der Waals surface area contributed by atoms with Crippen LogP contribution in [-0.4, -0.2) is 63.9 Å². The molecule has 120 valence electrons. The molecule has 1 aliphatic heterocycles. The second-order valence-electron chi connectivity index (χ2n) is 5.84. The molecule has 1 unspecified atom stereocenters. The smallest absolute Gasteiger partial charge is 0.326 e. The number of carboxylic acid groups (broad SMARTS) is 2. The predicted molar refractivity (Wildman–Crippen MR) is 73.0 cm³/mol. The zero-order chi connectivity index (χ0) is 16.2. The van der Waals surface area contributed by atoms with Gasteiger partial charge in [0, 0.05) is 13.0 Å². The molecule has 1 rings (SSSR count). The molecule has 0 radical (unpaired) electrons. The Morgan fingerprint density at radius 2 is 2.00 bits per heavy atom. The van der Waals surface area contributed by atoms with E-state index in [1.165, 1.54) is 4.90 Å². The summed E-state index contributed by atoms with van der Waals surface area (Å²) in [5, 5.41) is 20.0. The number of rotatable bonds is 5. The van der Waals surface area contributed by atoms with E-state index in [2.05, 4.69) is 5.32 Å². The minimum Gasteiger partial charge on any atom is -0.481 e. The summed E-state index contributed by atoms with van der Waals surface area (Å²) in [5.74, 6) is -2.35. The number of hydrogen-bond donors (Lipinski definition) is 3. The average Bonchev–Trinajstić information content (AvgIpc) is 2.30. The third-order valence-corrected chi connectivity index (χ3v) is 3.10. The van der Waals surface area contributed by atoms with Crippen molar-refractivity contribution in [3.63, 3.8) is 0 Å². The Morgan fingerprint density at radius 1 is 1.38 bits per heavy atom. The summed E-state index contributed by atoms with van der Waals surface area (Å²) >= 11 is 0. The molecule has 3 N–H and O–H groups in total. The van der Waals surface area contributed by atoms with Gasteiger partial charge in [0.1, 0.15) is 6.04 Å². The molecule has 0 aromatic rings. The highest BCUT2D eigenvalue weighted by atomic mass is 16.5. The molecule has 2 amide bonds. The number of carbonyl (C=O) groups excluding carboxylic acids is 1. The van der Waals surface area contributed by atoms with Gasteiger partial charge in [-0.1, -0.05) is 0 Å². The van der Waals surface area contributed by atoms with Gasteiger partial charge in [0.05, 0.1) is 18.2 Å². The summed E-state index contributed by atoms with van der Waals surface area (Å²) in [6.45, 7) is 6.24. The van der Waals surface area contributed by atoms with Crippen molar-refractivity contribution in [3.8, 4) is 0 Å². The number of carboxylic acids is 2. The third kappa shape index (κ3) is 5.58. The number of urea groups is 1. The second-order valence-corrected chi connectivity index (χ2v) is 5.84. The number of hydrogen-bond acceptors (Lipinski definition) is 4. The first-order chi connectivity index (χ1) is 9.60. The maximum Gasteiger partial charge on any atom is 0.326 e. The highest BCUT2D eigenvalue weighted by Crippen LogP contribution is 2.20. The molecule has 1 heterocycles. The van der Waals surface area contributed by atoms with Gasteiger partial charge in [0.15, 0.2) is 0 Å². The van der Waals surface area contributed by atoms with Gasteiger partial charge in [-0.05, 0) is 27.2 Å². The molecule has 0 bridgehead atoms. The van der Waals surface area contributed by atoms with Crippen LogP contribution in [0.5, 0.6) is 0 Å². The Balaban J connectivity index is 2.64. The highest BCUT2D eigenvalue weighted by Gasteiger charge is 2.35. The normalized spacial score (nSPS) is 22.4. The summed E-state index contributed by atoms with van der Waals surface area (Å²) in [5.41, 5.74) is -0.505. The number of amides is 2. The molecular weight excluding hydrogens is 280 g/mol. The first kappa shape index (κ1) is 17.2.